The Morgan fingerprint density at radius 1 is 1.28 bits per heavy atom. The largest absolute Gasteiger partial charge is 0.486 e. The summed E-state index contributed by atoms with van der Waals surface area (Å²) in [5, 5.41) is 0. The molecule has 2 rings (SSSR count). The number of nitrogens with one attached hydrogen (secondary N) is 1. The number of benzene rings is 1. The first-order valence-electron chi connectivity index (χ1n) is 5.73. The molecule has 18 heavy (non-hydrogen) atoms. The fraction of sp³-hybridized carbons (Fsp3) is 0.500. The van der Waals surface area contributed by atoms with Gasteiger partial charge in [0.25, 0.3) is 0 Å². The monoisotopic (exact) mass is 317 g/mol. The highest BCUT2D eigenvalue weighted by Crippen LogP contribution is 2.38. The number of hydroxylamine groups is 1. The molecule has 0 bridgehead atoms. The standard InChI is InChI=1S/C12H16BrNO4/c1-15-2-5-18-14-8-9-6-10(13)12-11(7-9)16-3-4-17-12/h6-7,14H,2-5,8H2,1H3. The first-order chi connectivity index (χ1) is 8.81. The van der Waals surface area contributed by atoms with Crippen LogP contribution in [-0.4, -0.2) is 33.5 Å². The molecule has 6 heteroatoms. The molecular formula is C12H16BrNO4. The van der Waals surface area contributed by atoms with Gasteiger partial charge in [-0.2, -0.15) is 5.48 Å². The molecule has 1 aliphatic rings. The van der Waals surface area contributed by atoms with Crippen LogP contribution in [-0.2, 0) is 16.1 Å². The number of halogens is 1. The van der Waals surface area contributed by atoms with Crippen LogP contribution in [0.5, 0.6) is 11.5 Å². The Balaban J connectivity index is 1.91. The third kappa shape index (κ3) is 3.58. The first-order valence-corrected chi connectivity index (χ1v) is 6.52. The van der Waals surface area contributed by atoms with Crippen molar-refractivity contribution < 1.29 is 19.0 Å². The van der Waals surface area contributed by atoms with Crippen LogP contribution in [0.2, 0.25) is 0 Å². The molecule has 0 fully saturated rings. The molecule has 0 saturated carbocycles. The van der Waals surface area contributed by atoms with Gasteiger partial charge >= 0.3 is 0 Å². The minimum absolute atomic E-state index is 0.516. The van der Waals surface area contributed by atoms with Crippen molar-refractivity contribution in [2.24, 2.45) is 0 Å². The summed E-state index contributed by atoms with van der Waals surface area (Å²) in [6, 6.07) is 3.94. The highest BCUT2D eigenvalue weighted by molar-refractivity contribution is 9.10. The zero-order chi connectivity index (χ0) is 12.8. The van der Waals surface area contributed by atoms with Crippen LogP contribution in [0.25, 0.3) is 0 Å². The maximum atomic E-state index is 5.55. The van der Waals surface area contributed by atoms with Crippen molar-refractivity contribution in [3.63, 3.8) is 0 Å². The summed E-state index contributed by atoms with van der Waals surface area (Å²) in [7, 11) is 1.64. The average molecular weight is 318 g/mol. The van der Waals surface area contributed by atoms with Crippen molar-refractivity contribution in [1.29, 1.82) is 0 Å². The van der Waals surface area contributed by atoms with E-state index in [9.17, 15) is 0 Å². The van der Waals surface area contributed by atoms with E-state index in [-0.39, 0.29) is 0 Å². The van der Waals surface area contributed by atoms with Crippen molar-refractivity contribution in [3.05, 3.63) is 22.2 Å². The third-order valence-electron chi connectivity index (χ3n) is 2.42. The Morgan fingerprint density at radius 3 is 2.94 bits per heavy atom. The zero-order valence-electron chi connectivity index (χ0n) is 10.2. The summed E-state index contributed by atoms with van der Waals surface area (Å²) < 4.78 is 16.8. The Kier molecular flexibility index (Phi) is 5.25. The van der Waals surface area contributed by atoms with Crippen LogP contribution in [0.4, 0.5) is 0 Å². The first kappa shape index (κ1) is 13.6. The quantitative estimate of drug-likeness (QED) is 0.641. The Labute approximate surface area is 114 Å². The van der Waals surface area contributed by atoms with Gasteiger partial charge in [0.15, 0.2) is 11.5 Å². The van der Waals surface area contributed by atoms with Gasteiger partial charge in [0.2, 0.25) is 0 Å². The fourth-order valence-corrected chi connectivity index (χ4v) is 2.20. The second-order valence-electron chi connectivity index (χ2n) is 3.76. The van der Waals surface area contributed by atoms with Crippen molar-refractivity contribution in [1.82, 2.24) is 5.48 Å². The lowest BCUT2D eigenvalue weighted by Crippen LogP contribution is -2.18. The number of fused-ring (bicyclic) bond motifs is 1. The molecule has 5 nitrogen and oxygen atoms in total. The van der Waals surface area contributed by atoms with Crippen LogP contribution < -0.4 is 15.0 Å². The topological polar surface area (TPSA) is 49.0 Å². The molecule has 100 valence electrons. The van der Waals surface area contributed by atoms with E-state index in [0.717, 1.165) is 21.5 Å². The van der Waals surface area contributed by atoms with Gasteiger partial charge in [-0.25, -0.2) is 0 Å². The highest BCUT2D eigenvalue weighted by atomic mass is 79.9. The molecule has 0 spiro atoms. The van der Waals surface area contributed by atoms with Crippen molar-refractivity contribution in [3.8, 4) is 11.5 Å². The smallest absolute Gasteiger partial charge is 0.175 e. The van der Waals surface area contributed by atoms with Gasteiger partial charge in [-0.3, -0.25) is 4.84 Å². The Morgan fingerprint density at radius 2 is 2.11 bits per heavy atom. The molecular weight excluding hydrogens is 302 g/mol. The van der Waals surface area contributed by atoms with Gasteiger partial charge in [-0.05, 0) is 33.6 Å². The molecule has 1 aromatic rings. The van der Waals surface area contributed by atoms with E-state index in [1.165, 1.54) is 0 Å². The Bertz CT molecular complexity index is 400. The lowest BCUT2D eigenvalue weighted by atomic mass is 10.2. The molecule has 1 aromatic carbocycles. The lowest BCUT2D eigenvalue weighted by molar-refractivity contribution is 0.00341. The minimum atomic E-state index is 0.516. The Hall–Kier alpha value is -0.820. The lowest BCUT2D eigenvalue weighted by Gasteiger charge is -2.20. The molecule has 0 unspecified atom stereocenters. The van der Waals surface area contributed by atoms with Gasteiger partial charge in [0, 0.05) is 13.7 Å². The summed E-state index contributed by atoms with van der Waals surface area (Å²) in [5.74, 6) is 1.54. The molecule has 0 aliphatic carbocycles. The molecule has 0 saturated heterocycles. The van der Waals surface area contributed by atoms with Gasteiger partial charge in [0.05, 0.1) is 17.7 Å². The van der Waals surface area contributed by atoms with Gasteiger partial charge < -0.3 is 14.2 Å². The SMILES string of the molecule is COCCONCc1cc(Br)c2c(c1)OCCO2. The van der Waals surface area contributed by atoms with E-state index in [0.29, 0.717) is 33.0 Å². The van der Waals surface area contributed by atoms with Gasteiger partial charge in [-0.1, -0.05) is 0 Å². The molecule has 1 N–H and O–H groups in total. The summed E-state index contributed by atoms with van der Waals surface area (Å²) in [4.78, 5) is 5.20. The van der Waals surface area contributed by atoms with E-state index in [1.54, 1.807) is 7.11 Å². The number of rotatable bonds is 6. The van der Waals surface area contributed by atoms with E-state index in [4.69, 9.17) is 19.0 Å². The van der Waals surface area contributed by atoms with Crippen molar-refractivity contribution in [2.45, 2.75) is 6.54 Å². The van der Waals surface area contributed by atoms with Gasteiger partial charge in [-0.15, -0.1) is 0 Å². The second kappa shape index (κ2) is 6.94. The third-order valence-corrected chi connectivity index (χ3v) is 3.01. The van der Waals surface area contributed by atoms with E-state index < -0.39 is 0 Å². The minimum Gasteiger partial charge on any atom is -0.486 e. The normalized spacial score (nSPS) is 13.7. The zero-order valence-corrected chi connectivity index (χ0v) is 11.8. The predicted octanol–water partition coefficient (Wildman–Crippen LogP) is 1.89. The van der Waals surface area contributed by atoms with Gasteiger partial charge in [0.1, 0.15) is 13.2 Å². The number of methoxy groups -OCH3 is 1. The predicted molar refractivity (Wildman–Crippen MR) is 69.8 cm³/mol. The van der Waals surface area contributed by atoms with Crippen LogP contribution in [0.3, 0.4) is 0 Å². The van der Waals surface area contributed by atoms with Crippen molar-refractivity contribution in [2.75, 3.05) is 33.5 Å². The molecule has 1 aliphatic heterocycles. The van der Waals surface area contributed by atoms with Crippen LogP contribution in [0.15, 0.2) is 16.6 Å². The van der Waals surface area contributed by atoms with E-state index >= 15 is 0 Å². The molecule has 0 amide bonds. The maximum absolute atomic E-state index is 5.55. The summed E-state index contributed by atoms with van der Waals surface area (Å²) in [5.41, 5.74) is 3.93. The highest BCUT2D eigenvalue weighted by Gasteiger charge is 2.16. The summed E-state index contributed by atoms with van der Waals surface area (Å²) in [6.07, 6.45) is 0. The van der Waals surface area contributed by atoms with Crippen molar-refractivity contribution >= 4 is 15.9 Å². The summed E-state index contributed by atoms with van der Waals surface area (Å²) >= 11 is 3.47. The van der Waals surface area contributed by atoms with Crippen LogP contribution >= 0.6 is 15.9 Å². The number of hydrogen-bond acceptors (Lipinski definition) is 5. The molecule has 0 atom stereocenters. The van der Waals surface area contributed by atoms with Crippen LogP contribution in [0, 0.1) is 0 Å². The van der Waals surface area contributed by atoms with E-state index in [2.05, 4.69) is 21.4 Å². The number of ether oxygens (including phenoxy) is 3. The maximum Gasteiger partial charge on any atom is 0.175 e. The average Bonchev–Trinajstić information content (AvgIpc) is 2.39. The summed E-state index contributed by atoms with van der Waals surface area (Å²) in [6.45, 7) is 2.85. The molecule has 1 heterocycles. The van der Waals surface area contributed by atoms with Crippen LogP contribution in [0.1, 0.15) is 5.56 Å². The fourth-order valence-electron chi connectivity index (χ4n) is 1.60. The molecule has 0 aromatic heterocycles. The second-order valence-corrected chi connectivity index (χ2v) is 4.62. The van der Waals surface area contributed by atoms with E-state index in [1.807, 2.05) is 12.1 Å². The molecule has 0 radical (unpaired) electrons. The number of hydrogen-bond donors (Lipinski definition) is 1.